The molecule has 0 saturated carbocycles. The number of hydrogen-bond acceptors (Lipinski definition) is 6. The van der Waals surface area contributed by atoms with E-state index in [0.29, 0.717) is 44.0 Å². The van der Waals surface area contributed by atoms with Crippen molar-refractivity contribution < 1.29 is 19.1 Å². The van der Waals surface area contributed by atoms with E-state index in [0.717, 1.165) is 44.5 Å². The summed E-state index contributed by atoms with van der Waals surface area (Å²) >= 11 is 1.68. The first-order chi connectivity index (χ1) is 18.4. The number of rotatable bonds is 16. The van der Waals surface area contributed by atoms with E-state index < -0.39 is 0 Å². The number of nitrogens with zero attached hydrogens (tertiary/aromatic N) is 3. The van der Waals surface area contributed by atoms with Crippen LogP contribution < -0.4 is 9.47 Å². The molecule has 1 aliphatic heterocycles. The molecule has 7 nitrogen and oxygen atoms in total. The Balaban J connectivity index is 1.72. The Morgan fingerprint density at radius 1 is 0.974 bits per heavy atom. The molecule has 0 spiro atoms. The molecule has 1 aliphatic rings. The molecule has 1 aromatic carbocycles. The summed E-state index contributed by atoms with van der Waals surface area (Å²) in [6.45, 7) is 9.09. The molecule has 0 atom stereocenters. The van der Waals surface area contributed by atoms with Crippen molar-refractivity contribution in [2.24, 2.45) is 0 Å². The van der Waals surface area contributed by atoms with Crippen molar-refractivity contribution >= 4 is 23.2 Å². The number of ether oxygens (including phenoxy) is 2. The van der Waals surface area contributed by atoms with Crippen LogP contribution in [0.25, 0.3) is 0 Å². The molecule has 3 rings (SSSR count). The minimum Gasteiger partial charge on any atom is -0.493 e. The van der Waals surface area contributed by atoms with Crippen LogP contribution in [0.4, 0.5) is 0 Å². The molecule has 0 N–H and O–H groups in total. The lowest BCUT2D eigenvalue weighted by Crippen LogP contribution is -2.45. The lowest BCUT2D eigenvalue weighted by Gasteiger charge is -2.29. The highest BCUT2D eigenvalue weighted by molar-refractivity contribution is 7.10. The summed E-state index contributed by atoms with van der Waals surface area (Å²) in [7, 11) is 3.26. The molecule has 2 heterocycles. The molecule has 38 heavy (non-hydrogen) atoms. The van der Waals surface area contributed by atoms with Crippen molar-refractivity contribution in [3.63, 3.8) is 0 Å². The number of unbranched alkanes of at least 4 members (excludes halogenated alkanes) is 2. The van der Waals surface area contributed by atoms with E-state index in [9.17, 15) is 9.59 Å². The van der Waals surface area contributed by atoms with Crippen LogP contribution in [-0.4, -0.2) is 80.0 Å². The minimum absolute atomic E-state index is 0.00328. The third kappa shape index (κ3) is 9.02. The fraction of sp³-hybridized carbons (Fsp3) is 0.600. The van der Waals surface area contributed by atoms with Gasteiger partial charge in [0.25, 0.3) is 0 Å². The average molecular weight is 544 g/mol. The van der Waals surface area contributed by atoms with E-state index in [1.165, 1.54) is 23.3 Å². The van der Waals surface area contributed by atoms with E-state index in [1.54, 1.807) is 30.5 Å². The molecule has 8 heteroatoms. The standard InChI is InChI=1S/C30H45N3O4S/c1-5-6-7-10-29(34)33(19-18-31-15-8-9-16-31)23-30(35)32(22-28-24(2)14-20-38-28)17-13-25-11-12-26(36-3)27(21-25)37-4/h11-12,14,20-21H,5-10,13,15-19,22-23H2,1-4H3. The number of thiophene rings is 1. The average Bonchev–Trinajstić information content (AvgIpc) is 3.60. The third-order valence-electron chi connectivity index (χ3n) is 7.33. The fourth-order valence-corrected chi connectivity index (χ4v) is 5.76. The van der Waals surface area contributed by atoms with E-state index in [2.05, 4.69) is 30.2 Å². The van der Waals surface area contributed by atoms with Crippen LogP contribution in [0, 0.1) is 6.92 Å². The molecule has 0 radical (unpaired) electrons. The Morgan fingerprint density at radius 2 is 1.74 bits per heavy atom. The third-order valence-corrected chi connectivity index (χ3v) is 8.34. The summed E-state index contributed by atoms with van der Waals surface area (Å²) < 4.78 is 10.8. The summed E-state index contributed by atoms with van der Waals surface area (Å²) in [5, 5.41) is 2.07. The number of methoxy groups -OCH3 is 2. The SMILES string of the molecule is CCCCCC(=O)N(CCN1CCCC1)CC(=O)N(CCc1ccc(OC)c(OC)c1)Cc1sccc1C. The second kappa shape index (κ2) is 15.7. The summed E-state index contributed by atoms with van der Waals surface area (Å²) in [5.74, 6) is 1.47. The summed E-state index contributed by atoms with van der Waals surface area (Å²) in [4.78, 5) is 34.2. The van der Waals surface area contributed by atoms with Crippen LogP contribution >= 0.6 is 11.3 Å². The van der Waals surface area contributed by atoms with E-state index >= 15 is 0 Å². The zero-order chi connectivity index (χ0) is 27.3. The van der Waals surface area contributed by atoms with Gasteiger partial charge in [0.2, 0.25) is 11.8 Å². The smallest absolute Gasteiger partial charge is 0.242 e. The first-order valence-corrected chi connectivity index (χ1v) is 14.8. The molecule has 0 bridgehead atoms. The van der Waals surface area contributed by atoms with Gasteiger partial charge in [0, 0.05) is 30.9 Å². The number of amides is 2. The molecule has 2 aromatic rings. The number of aryl methyl sites for hydroxylation is 1. The number of carbonyl (C=O) groups excluding carboxylic acids is 2. The summed E-state index contributed by atoms with van der Waals surface area (Å²) in [5.41, 5.74) is 2.27. The van der Waals surface area contributed by atoms with Crippen molar-refractivity contribution in [2.75, 3.05) is 53.5 Å². The van der Waals surface area contributed by atoms with Crippen molar-refractivity contribution in [1.29, 1.82) is 0 Å². The Kier molecular flexibility index (Phi) is 12.4. The van der Waals surface area contributed by atoms with Crippen LogP contribution in [-0.2, 0) is 22.6 Å². The molecule has 0 unspecified atom stereocenters. The first kappa shape index (κ1) is 30.0. The van der Waals surface area contributed by atoms with Crippen LogP contribution in [0.15, 0.2) is 29.6 Å². The Hall–Kier alpha value is -2.58. The lowest BCUT2D eigenvalue weighted by atomic mass is 10.1. The number of carbonyl (C=O) groups is 2. The molecule has 2 amide bonds. The normalized spacial score (nSPS) is 13.5. The van der Waals surface area contributed by atoms with E-state index in [4.69, 9.17) is 9.47 Å². The van der Waals surface area contributed by atoms with Gasteiger partial charge in [-0.1, -0.05) is 25.8 Å². The van der Waals surface area contributed by atoms with Gasteiger partial charge in [-0.15, -0.1) is 11.3 Å². The Morgan fingerprint density at radius 3 is 2.39 bits per heavy atom. The van der Waals surface area contributed by atoms with E-state index in [1.807, 2.05) is 23.1 Å². The van der Waals surface area contributed by atoms with Crippen molar-refractivity contribution in [2.45, 2.75) is 65.3 Å². The quantitative estimate of drug-likeness (QED) is 0.274. The predicted octanol–water partition coefficient (Wildman–Crippen LogP) is 5.15. The van der Waals surface area contributed by atoms with Crippen molar-refractivity contribution in [3.8, 4) is 11.5 Å². The molecular weight excluding hydrogens is 498 g/mol. The monoisotopic (exact) mass is 543 g/mol. The minimum atomic E-state index is 0.00328. The largest absolute Gasteiger partial charge is 0.493 e. The van der Waals surface area contributed by atoms with Gasteiger partial charge in [-0.05, 0) is 80.4 Å². The van der Waals surface area contributed by atoms with Crippen LogP contribution in [0.2, 0.25) is 0 Å². The molecule has 210 valence electrons. The predicted molar refractivity (Wildman–Crippen MR) is 154 cm³/mol. The maximum absolute atomic E-state index is 13.7. The molecule has 0 aliphatic carbocycles. The number of likely N-dealkylation sites (tertiary alicyclic amines) is 1. The van der Waals surface area contributed by atoms with Crippen molar-refractivity contribution in [1.82, 2.24) is 14.7 Å². The zero-order valence-electron chi connectivity index (χ0n) is 23.7. The molecular formula is C30H45N3O4S. The van der Waals surface area contributed by atoms with E-state index in [-0.39, 0.29) is 18.4 Å². The van der Waals surface area contributed by atoms with Gasteiger partial charge in [0.15, 0.2) is 11.5 Å². The second-order valence-corrected chi connectivity index (χ2v) is 11.1. The summed E-state index contributed by atoms with van der Waals surface area (Å²) in [6.07, 6.45) is 6.62. The lowest BCUT2D eigenvalue weighted by molar-refractivity contribution is -0.141. The van der Waals surface area contributed by atoms with Crippen LogP contribution in [0.5, 0.6) is 11.5 Å². The first-order valence-electron chi connectivity index (χ1n) is 14.0. The topological polar surface area (TPSA) is 62.3 Å². The van der Waals surface area contributed by atoms with Gasteiger partial charge >= 0.3 is 0 Å². The van der Waals surface area contributed by atoms with Gasteiger partial charge < -0.3 is 24.2 Å². The van der Waals surface area contributed by atoms with Crippen LogP contribution in [0.3, 0.4) is 0 Å². The second-order valence-electron chi connectivity index (χ2n) is 10.1. The Bertz CT molecular complexity index is 1020. The highest BCUT2D eigenvalue weighted by Gasteiger charge is 2.23. The highest BCUT2D eigenvalue weighted by atomic mass is 32.1. The molecule has 1 aromatic heterocycles. The van der Waals surface area contributed by atoms with Gasteiger partial charge in [-0.2, -0.15) is 0 Å². The van der Waals surface area contributed by atoms with Crippen LogP contribution in [0.1, 0.15) is 61.5 Å². The number of hydrogen-bond donors (Lipinski definition) is 0. The van der Waals surface area contributed by atoms with Gasteiger partial charge in [0.05, 0.1) is 27.3 Å². The number of benzene rings is 1. The Labute approximate surface area is 232 Å². The van der Waals surface area contributed by atoms with Gasteiger partial charge in [-0.3, -0.25) is 9.59 Å². The van der Waals surface area contributed by atoms with Crippen molar-refractivity contribution in [3.05, 3.63) is 45.6 Å². The van der Waals surface area contributed by atoms with Gasteiger partial charge in [0.1, 0.15) is 0 Å². The summed E-state index contributed by atoms with van der Waals surface area (Å²) in [6, 6.07) is 7.98. The highest BCUT2D eigenvalue weighted by Crippen LogP contribution is 2.28. The molecule has 1 fully saturated rings. The van der Waals surface area contributed by atoms with Gasteiger partial charge in [-0.25, -0.2) is 0 Å². The maximum Gasteiger partial charge on any atom is 0.242 e. The maximum atomic E-state index is 13.7. The molecule has 1 saturated heterocycles. The zero-order valence-corrected chi connectivity index (χ0v) is 24.5. The fourth-order valence-electron chi connectivity index (χ4n) is 4.84.